The number of methoxy groups -OCH3 is 1. The molecule has 2 aromatic heterocycles. The van der Waals surface area contributed by atoms with Crippen molar-refractivity contribution in [3.05, 3.63) is 62.7 Å². The van der Waals surface area contributed by atoms with Gasteiger partial charge in [0.1, 0.15) is 15.7 Å². The van der Waals surface area contributed by atoms with Crippen molar-refractivity contribution in [3.8, 4) is 17.0 Å². The average molecular weight is 428 g/mol. The number of hydrogen-bond acceptors (Lipinski definition) is 8. The van der Waals surface area contributed by atoms with Crippen LogP contribution < -0.4 is 4.74 Å². The summed E-state index contributed by atoms with van der Waals surface area (Å²) in [7, 11) is 1.64. The molecular formula is C20H20N4O5S. The molecule has 30 heavy (non-hydrogen) atoms. The van der Waals surface area contributed by atoms with E-state index in [2.05, 4.69) is 4.90 Å². The van der Waals surface area contributed by atoms with E-state index in [1.807, 2.05) is 29.6 Å². The van der Waals surface area contributed by atoms with Crippen LogP contribution in [-0.4, -0.2) is 58.9 Å². The number of aromatic nitrogens is 1. The number of ether oxygens (including phenoxy) is 1. The molecule has 0 bridgehead atoms. The van der Waals surface area contributed by atoms with Crippen molar-refractivity contribution < 1.29 is 18.9 Å². The highest BCUT2D eigenvalue weighted by Crippen LogP contribution is 2.25. The number of rotatable bonds is 6. The van der Waals surface area contributed by atoms with Gasteiger partial charge in [-0.15, -0.1) is 11.3 Å². The predicted octanol–water partition coefficient (Wildman–Crippen LogP) is 3.28. The van der Waals surface area contributed by atoms with Crippen molar-refractivity contribution in [2.24, 2.45) is 0 Å². The number of hydrogen-bond donors (Lipinski definition) is 0. The number of thiazole rings is 1. The normalized spacial score (nSPS) is 14.6. The molecule has 1 aliphatic heterocycles. The number of amides is 1. The van der Waals surface area contributed by atoms with Crippen LogP contribution in [0.4, 0.5) is 5.88 Å². The lowest BCUT2D eigenvalue weighted by molar-refractivity contribution is -0.402. The van der Waals surface area contributed by atoms with Gasteiger partial charge < -0.3 is 14.1 Å². The second-order valence-corrected chi connectivity index (χ2v) is 7.76. The summed E-state index contributed by atoms with van der Waals surface area (Å²) < 4.78 is 10.2. The first-order valence-electron chi connectivity index (χ1n) is 9.38. The maximum Gasteiger partial charge on any atom is 0.433 e. The number of benzene rings is 1. The van der Waals surface area contributed by atoms with E-state index in [9.17, 15) is 14.9 Å². The summed E-state index contributed by atoms with van der Waals surface area (Å²) in [5.74, 6) is 0.0668. The van der Waals surface area contributed by atoms with Gasteiger partial charge in [-0.3, -0.25) is 19.8 Å². The smallest absolute Gasteiger partial charge is 0.433 e. The highest BCUT2D eigenvalue weighted by Gasteiger charge is 2.26. The Labute approximate surface area is 176 Å². The summed E-state index contributed by atoms with van der Waals surface area (Å²) in [6.07, 6.45) is 0. The highest BCUT2D eigenvalue weighted by atomic mass is 32.1. The van der Waals surface area contributed by atoms with E-state index in [1.54, 1.807) is 23.3 Å². The van der Waals surface area contributed by atoms with Crippen LogP contribution in [0.25, 0.3) is 11.3 Å². The molecule has 3 aromatic rings. The molecule has 0 unspecified atom stereocenters. The zero-order valence-corrected chi connectivity index (χ0v) is 17.1. The van der Waals surface area contributed by atoms with E-state index in [-0.39, 0.29) is 11.7 Å². The minimum atomic E-state index is -0.650. The first-order valence-corrected chi connectivity index (χ1v) is 10.3. The Morgan fingerprint density at radius 2 is 1.93 bits per heavy atom. The fourth-order valence-electron chi connectivity index (χ4n) is 3.27. The third-order valence-electron chi connectivity index (χ3n) is 4.94. The lowest BCUT2D eigenvalue weighted by Crippen LogP contribution is -2.48. The number of furan rings is 1. The van der Waals surface area contributed by atoms with Crippen LogP contribution in [-0.2, 0) is 6.54 Å². The zero-order valence-electron chi connectivity index (χ0n) is 16.3. The molecular weight excluding hydrogens is 408 g/mol. The Morgan fingerprint density at radius 1 is 1.20 bits per heavy atom. The van der Waals surface area contributed by atoms with Crippen LogP contribution in [0.2, 0.25) is 0 Å². The molecule has 1 aliphatic rings. The minimum absolute atomic E-state index is 0.000734. The fourth-order valence-corrected chi connectivity index (χ4v) is 4.12. The Kier molecular flexibility index (Phi) is 5.77. The Bertz CT molecular complexity index is 1040. The second-order valence-electron chi connectivity index (χ2n) is 6.82. The molecule has 156 valence electrons. The van der Waals surface area contributed by atoms with E-state index >= 15 is 0 Å². The third kappa shape index (κ3) is 4.34. The summed E-state index contributed by atoms with van der Waals surface area (Å²) >= 11 is 1.61. The van der Waals surface area contributed by atoms with Gasteiger partial charge in [-0.05, 0) is 30.3 Å². The average Bonchev–Trinajstić information content (AvgIpc) is 3.44. The summed E-state index contributed by atoms with van der Waals surface area (Å²) in [6, 6.07) is 10.4. The molecule has 0 spiro atoms. The number of piperazine rings is 1. The quantitative estimate of drug-likeness (QED) is 0.438. The van der Waals surface area contributed by atoms with Gasteiger partial charge in [0, 0.05) is 37.1 Å². The number of nitro groups is 1. The van der Waals surface area contributed by atoms with Crippen molar-refractivity contribution in [2.45, 2.75) is 6.54 Å². The molecule has 0 aliphatic carbocycles. The lowest BCUT2D eigenvalue weighted by atomic mass is 10.2. The molecule has 4 rings (SSSR count). The lowest BCUT2D eigenvalue weighted by Gasteiger charge is -2.33. The van der Waals surface area contributed by atoms with Gasteiger partial charge in [0.2, 0.25) is 0 Å². The summed E-state index contributed by atoms with van der Waals surface area (Å²) in [5.41, 5.74) is 1.98. The van der Waals surface area contributed by atoms with E-state index in [0.717, 1.165) is 28.6 Å². The van der Waals surface area contributed by atoms with Crippen LogP contribution in [0.3, 0.4) is 0 Å². The van der Waals surface area contributed by atoms with Gasteiger partial charge in [0.25, 0.3) is 5.91 Å². The monoisotopic (exact) mass is 428 g/mol. The molecule has 10 heteroatoms. The highest BCUT2D eigenvalue weighted by molar-refractivity contribution is 7.09. The van der Waals surface area contributed by atoms with Crippen LogP contribution in [0.5, 0.6) is 5.75 Å². The summed E-state index contributed by atoms with van der Waals surface area (Å²) in [5, 5.41) is 13.8. The fraction of sp³-hybridized carbons (Fsp3) is 0.300. The molecule has 0 radical (unpaired) electrons. The van der Waals surface area contributed by atoms with Crippen LogP contribution >= 0.6 is 11.3 Å². The maximum absolute atomic E-state index is 12.5. The topological polar surface area (TPSA) is 102 Å². The summed E-state index contributed by atoms with van der Waals surface area (Å²) in [6.45, 7) is 3.18. The molecule has 0 N–H and O–H groups in total. The molecule has 3 heterocycles. The number of nitrogens with zero attached hydrogens (tertiary/aromatic N) is 4. The summed E-state index contributed by atoms with van der Waals surface area (Å²) in [4.78, 5) is 31.2. The van der Waals surface area contributed by atoms with Crippen molar-refractivity contribution >= 4 is 23.1 Å². The molecule has 1 saturated heterocycles. The van der Waals surface area contributed by atoms with Gasteiger partial charge in [-0.2, -0.15) is 0 Å². The van der Waals surface area contributed by atoms with Crippen molar-refractivity contribution in [1.29, 1.82) is 0 Å². The maximum atomic E-state index is 12.5. The van der Waals surface area contributed by atoms with Gasteiger partial charge in [-0.1, -0.05) is 0 Å². The Hall–Kier alpha value is -3.24. The van der Waals surface area contributed by atoms with Gasteiger partial charge in [0.05, 0.1) is 25.4 Å². The van der Waals surface area contributed by atoms with Crippen molar-refractivity contribution in [2.75, 3.05) is 33.3 Å². The number of carbonyl (C=O) groups is 1. The molecule has 1 fully saturated rings. The SMILES string of the molecule is COc1ccc(-c2csc(CN3CCN(C(=O)c4ccc([N+](=O)[O-])o4)CC3)n2)cc1. The van der Waals surface area contributed by atoms with Gasteiger partial charge in [0.15, 0.2) is 5.76 Å². The largest absolute Gasteiger partial charge is 0.497 e. The zero-order chi connectivity index (χ0) is 21.1. The van der Waals surface area contributed by atoms with E-state index in [1.165, 1.54) is 12.1 Å². The molecule has 1 amide bonds. The Morgan fingerprint density at radius 3 is 2.57 bits per heavy atom. The molecule has 0 atom stereocenters. The first-order chi connectivity index (χ1) is 14.5. The van der Waals surface area contributed by atoms with E-state index in [4.69, 9.17) is 14.1 Å². The molecule has 0 saturated carbocycles. The van der Waals surface area contributed by atoms with Crippen LogP contribution in [0.1, 0.15) is 15.6 Å². The van der Waals surface area contributed by atoms with Crippen molar-refractivity contribution in [3.63, 3.8) is 0 Å². The van der Waals surface area contributed by atoms with Crippen LogP contribution in [0.15, 0.2) is 46.2 Å². The second kappa shape index (κ2) is 8.64. The third-order valence-corrected chi connectivity index (χ3v) is 5.77. The van der Waals surface area contributed by atoms with Gasteiger partial charge >= 0.3 is 5.88 Å². The standard InChI is InChI=1S/C20H20N4O5S/c1-28-15-4-2-14(3-5-15)16-13-30-18(21-16)12-22-8-10-23(11-9-22)20(25)17-6-7-19(29-17)24(26)27/h2-7,13H,8-12H2,1H3. The Balaban J connectivity index is 1.32. The van der Waals surface area contributed by atoms with E-state index < -0.39 is 10.8 Å². The predicted molar refractivity (Wildman–Crippen MR) is 111 cm³/mol. The first kappa shape index (κ1) is 20.0. The van der Waals surface area contributed by atoms with E-state index in [0.29, 0.717) is 26.2 Å². The molecule has 9 nitrogen and oxygen atoms in total. The number of carbonyl (C=O) groups excluding carboxylic acids is 1. The molecule has 1 aromatic carbocycles. The minimum Gasteiger partial charge on any atom is -0.497 e. The van der Waals surface area contributed by atoms with Crippen molar-refractivity contribution in [1.82, 2.24) is 14.8 Å². The van der Waals surface area contributed by atoms with Gasteiger partial charge in [-0.25, -0.2) is 4.98 Å². The van der Waals surface area contributed by atoms with Crippen LogP contribution in [0, 0.1) is 10.1 Å².